The summed E-state index contributed by atoms with van der Waals surface area (Å²) in [4.78, 5) is 51.0. The van der Waals surface area contributed by atoms with Gasteiger partial charge in [0.2, 0.25) is 5.91 Å². The molecule has 2 aromatic rings. The Morgan fingerprint density at radius 1 is 1.10 bits per heavy atom. The number of hydrogen-bond acceptors (Lipinski definition) is 9. The zero-order chi connectivity index (χ0) is 28.5. The van der Waals surface area contributed by atoms with Crippen molar-refractivity contribution in [2.45, 2.75) is 44.8 Å². The molecule has 0 radical (unpaired) electrons. The second kappa shape index (κ2) is 13.5. The van der Waals surface area contributed by atoms with Gasteiger partial charge in [0.1, 0.15) is 12.2 Å². The van der Waals surface area contributed by atoms with Gasteiger partial charge in [0.05, 0.1) is 6.54 Å². The summed E-state index contributed by atoms with van der Waals surface area (Å²) in [5, 5.41) is 16.9. The van der Waals surface area contributed by atoms with Crippen LogP contribution >= 0.6 is 0 Å². The number of carbonyl (C=O) groups is 2. The maximum absolute atomic E-state index is 13.5. The minimum Gasteiger partial charge on any atom is -0.361 e. The highest BCUT2D eigenvalue weighted by Gasteiger charge is 2.28. The molecule has 0 aromatic heterocycles. The van der Waals surface area contributed by atoms with Crippen LogP contribution in [0.3, 0.4) is 0 Å². The highest BCUT2D eigenvalue weighted by Crippen LogP contribution is 2.32. The molecule has 210 valence electrons. The number of likely N-dealkylation sites (tertiary alicyclic amines) is 1. The monoisotopic (exact) mass is 546 g/mol. The third kappa shape index (κ3) is 6.74. The van der Waals surface area contributed by atoms with Crippen molar-refractivity contribution in [3.63, 3.8) is 0 Å². The van der Waals surface area contributed by atoms with Gasteiger partial charge in [-0.25, -0.2) is 0 Å². The first-order chi connectivity index (χ1) is 19.5. The lowest BCUT2D eigenvalue weighted by atomic mass is 10.00. The molecular formula is C28H34N8O4. The Bertz CT molecular complexity index is 1290. The van der Waals surface area contributed by atoms with Crippen LogP contribution in [0.2, 0.25) is 0 Å². The molecule has 3 N–H and O–H groups in total. The van der Waals surface area contributed by atoms with Crippen LogP contribution in [0.15, 0.2) is 68.7 Å². The third-order valence-corrected chi connectivity index (χ3v) is 7.12. The Balaban J connectivity index is 1.57. The van der Waals surface area contributed by atoms with Crippen molar-refractivity contribution < 1.29 is 9.59 Å². The number of nitrogens with one attached hydrogen (secondary N) is 1. The van der Waals surface area contributed by atoms with Crippen molar-refractivity contribution in [3.05, 3.63) is 69.0 Å². The van der Waals surface area contributed by atoms with Gasteiger partial charge in [0.15, 0.2) is 0 Å². The lowest BCUT2D eigenvalue weighted by Crippen LogP contribution is -2.35. The second-order valence-corrected chi connectivity index (χ2v) is 9.94. The summed E-state index contributed by atoms with van der Waals surface area (Å²) in [6, 6.07) is 12.9. The first kappa shape index (κ1) is 28.5. The van der Waals surface area contributed by atoms with Crippen molar-refractivity contribution >= 4 is 23.6 Å². The van der Waals surface area contributed by atoms with Crippen molar-refractivity contribution in [1.29, 1.82) is 0 Å². The number of carbonyl (C=O) groups excluding carboxylic acids is 2. The van der Waals surface area contributed by atoms with E-state index in [0.717, 1.165) is 28.8 Å². The zero-order valence-electron chi connectivity index (χ0n) is 22.5. The van der Waals surface area contributed by atoms with E-state index in [-0.39, 0.29) is 24.4 Å². The van der Waals surface area contributed by atoms with E-state index in [1.165, 1.54) is 0 Å². The van der Waals surface area contributed by atoms with E-state index < -0.39 is 6.17 Å². The lowest BCUT2D eigenvalue weighted by molar-refractivity contribution is -0.127. The van der Waals surface area contributed by atoms with Gasteiger partial charge in [-0.15, -0.1) is 5.11 Å². The second-order valence-electron chi connectivity index (χ2n) is 9.94. The van der Waals surface area contributed by atoms with Gasteiger partial charge in [0, 0.05) is 49.4 Å². The number of benzene rings is 2. The number of fused-ring (bicyclic) bond motifs is 1. The van der Waals surface area contributed by atoms with Gasteiger partial charge in [0.25, 0.3) is 5.91 Å². The Morgan fingerprint density at radius 3 is 2.55 bits per heavy atom. The Morgan fingerprint density at radius 2 is 1.88 bits per heavy atom. The summed E-state index contributed by atoms with van der Waals surface area (Å²) in [7, 11) is 0. The van der Waals surface area contributed by atoms with Crippen LogP contribution in [-0.2, 0) is 4.79 Å². The highest BCUT2D eigenvalue weighted by atomic mass is 16.3. The molecule has 2 aliphatic rings. The summed E-state index contributed by atoms with van der Waals surface area (Å²) in [5.74, 6) is 5.15. The number of nitroso groups, excluding NO2 is 2. The molecule has 1 unspecified atom stereocenters. The summed E-state index contributed by atoms with van der Waals surface area (Å²) < 4.78 is 0. The molecule has 40 heavy (non-hydrogen) atoms. The Hall–Kier alpha value is -4.48. The van der Waals surface area contributed by atoms with Crippen LogP contribution in [0.5, 0.6) is 0 Å². The molecule has 0 aliphatic carbocycles. The number of nitrogens with two attached hydrogens (primary N) is 1. The standard InChI is InChI=1S/C28H34N8O4/c1-2-12-35(13-3-11-30-39)28(38)23-15-22-9-8-21(16-25(22)31-26(17-23)32-34-29)19-4-6-20(7-5-19)27(37)36-14-10-24(18-36)33-40/h4-9,15-16,24,26,31H,2-3,10-14,17-18H2,1H3,(H2,29,32)/t24-,26?/m0/s1. The first-order valence-corrected chi connectivity index (χ1v) is 13.5. The molecule has 0 saturated carbocycles. The summed E-state index contributed by atoms with van der Waals surface area (Å²) in [5.41, 5.74) is 4.55. The fourth-order valence-corrected chi connectivity index (χ4v) is 5.09. The zero-order valence-corrected chi connectivity index (χ0v) is 22.5. The topological polar surface area (TPSA) is 162 Å². The highest BCUT2D eigenvalue weighted by molar-refractivity contribution is 5.99. The van der Waals surface area contributed by atoms with Crippen LogP contribution in [0.1, 0.15) is 48.5 Å². The molecule has 2 aromatic carbocycles. The normalized spacial score (nSPS) is 18.4. The molecular weight excluding hydrogens is 512 g/mol. The minimum atomic E-state index is -0.540. The van der Waals surface area contributed by atoms with Crippen LogP contribution in [-0.4, -0.2) is 66.5 Å². The van der Waals surface area contributed by atoms with Gasteiger partial charge in [-0.3, -0.25) is 9.59 Å². The number of amides is 2. The maximum atomic E-state index is 13.5. The fourth-order valence-electron chi connectivity index (χ4n) is 5.09. The van der Waals surface area contributed by atoms with E-state index in [1.54, 1.807) is 21.9 Å². The van der Waals surface area contributed by atoms with Crippen molar-refractivity contribution in [1.82, 2.24) is 9.80 Å². The number of rotatable bonds is 11. The fraction of sp³-hybridized carbons (Fsp3) is 0.429. The summed E-state index contributed by atoms with van der Waals surface area (Å²) >= 11 is 0. The quantitative estimate of drug-likeness (QED) is 0.138. The minimum absolute atomic E-state index is 0.113. The van der Waals surface area contributed by atoms with E-state index in [9.17, 15) is 19.4 Å². The molecule has 1 fully saturated rings. The van der Waals surface area contributed by atoms with Gasteiger partial charge < -0.3 is 21.0 Å². The largest absolute Gasteiger partial charge is 0.361 e. The molecule has 12 nitrogen and oxygen atoms in total. The predicted octanol–water partition coefficient (Wildman–Crippen LogP) is 4.58. The van der Waals surface area contributed by atoms with Crippen LogP contribution in [0.25, 0.3) is 17.2 Å². The average Bonchev–Trinajstić information content (AvgIpc) is 3.38. The molecule has 12 heteroatoms. The molecule has 2 heterocycles. The summed E-state index contributed by atoms with van der Waals surface area (Å²) in [6.45, 7) is 4.06. The van der Waals surface area contributed by atoms with Crippen LogP contribution in [0.4, 0.5) is 5.69 Å². The Kier molecular flexibility index (Phi) is 9.66. The SMILES string of the molecule is CCCN(CCCN=O)C(=O)C1=Cc2ccc(-c3ccc(C(=O)N4CC[C@H](N=O)C4)cc3)cc2NC(N=NN)C1. The lowest BCUT2D eigenvalue weighted by Gasteiger charge is -2.23. The predicted molar refractivity (Wildman–Crippen MR) is 153 cm³/mol. The van der Waals surface area contributed by atoms with Gasteiger partial charge >= 0.3 is 0 Å². The third-order valence-electron chi connectivity index (χ3n) is 7.12. The van der Waals surface area contributed by atoms with Gasteiger partial charge in [-0.05, 0) is 60.2 Å². The number of anilines is 1. The number of nitrogens with zero attached hydrogens (tertiary/aromatic N) is 6. The van der Waals surface area contributed by atoms with Crippen LogP contribution < -0.4 is 11.2 Å². The van der Waals surface area contributed by atoms with E-state index in [1.807, 2.05) is 43.3 Å². The van der Waals surface area contributed by atoms with Crippen molar-refractivity contribution in [2.24, 2.45) is 26.5 Å². The van der Waals surface area contributed by atoms with E-state index >= 15 is 0 Å². The molecule has 1 saturated heterocycles. The first-order valence-electron chi connectivity index (χ1n) is 13.5. The smallest absolute Gasteiger partial charge is 0.253 e. The molecule has 0 bridgehead atoms. The maximum Gasteiger partial charge on any atom is 0.253 e. The average molecular weight is 547 g/mol. The van der Waals surface area contributed by atoms with E-state index in [4.69, 9.17) is 5.84 Å². The molecule has 2 aliphatic heterocycles. The van der Waals surface area contributed by atoms with E-state index in [2.05, 4.69) is 26.0 Å². The molecule has 0 spiro atoms. The molecule has 2 amide bonds. The van der Waals surface area contributed by atoms with Crippen molar-refractivity contribution in [2.75, 3.05) is 38.0 Å². The molecule has 4 rings (SSSR count). The number of hydrogen-bond donors (Lipinski definition) is 2. The van der Waals surface area contributed by atoms with Gasteiger partial charge in [-0.2, -0.15) is 9.81 Å². The van der Waals surface area contributed by atoms with E-state index in [0.29, 0.717) is 56.6 Å². The van der Waals surface area contributed by atoms with Gasteiger partial charge in [-0.1, -0.05) is 46.8 Å². The summed E-state index contributed by atoms with van der Waals surface area (Å²) in [6.07, 6.45) is 3.50. The Labute approximate surface area is 232 Å². The van der Waals surface area contributed by atoms with Crippen molar-refractivity contribution in [3.8, 4) is 11.1 Å². The van der Waals surface area contributed by atoms with Crippen LogP contribution in [0, 0.1) is 9.81 Å². The molecule has 2 atom stereocenters.